The molecule has 29 heavy (non-hydrogen) atoms. The van der Waals surface area contributed by atoms with Crippen LogP contribution in [0.15, 0.2) is 54.6 Å². The van der Waals surface area contributed by atoms with Crippen molar-refractivity contribution in [3.63, 3.8) is 0 Å². The molecule has 0 atom stereocenters. The lowest BCUT2D eigenvalue weighted by Crippen LogP contribution is -2.27. The van der Waals surface area contributed by atoms with Gasteiger partial charge in [-0.2, -0.15) is 0 Å². The predicted molar refractivity (Wildman–Crippen MR) is 115 cm³/mol. The third-order valence-corrected chi connectivity index (χ3v) is 4.56. The minimum atomic E-state index is -0.214. The molecule has 0 unspecified atom stereocenters. The van der Waals surface area contributed by atoms with Crippen molar-refractivity contribution in [1.82, 2.24) is 15.3 Å². The van der Waals surface area contributed by atoms with Gasteiger partial charge >= 0.3 is 0 Å². The van der Waals surface area contributed by atoms with E-state index in [1.807, 2.05) is 43.3 Å². The number of nitrogens with zero attached hydrogens (tertiary/aromatic N) is 2. The van der Waals surface area contributed by atoms with Crippen molar-refractivity contribution < 1.29 is 9.53 Å². The van der Waals surface area contributed by atoms with Gasteiger partial charge in [-0.3, -0.25) is 4.79 Å². The summed E-state index contributed by atoms with van der Waals surface area (Å²) in [7, 11) is 1.64. The molecule has 0 saturated carbocycles. The molecule has 6 nitrogen and oxygen atoms in total. The predicted octanol–water partition coefficient (Wildman–Crippen LogP) is 4.07. The first-order valence-electron chi connectivity index (χ1n) is 9.70. The number of hydrogen-bond acceptors (Lipinski definition) is 5. The first kappa shape index (κ1) is 20.3. The number of methoxy groups -OCH3 is 1. The zero-order chi connectivity index (χ0) is 20.6. The molecular weight excluding hydrogens is 364 g/mol. The molecule has 0 spiro atoms. The SMILES string of the molecule is CCc1ccc(Nc2nc(C)cc(C(=O)NCCc3ccc(OC)cc3)n2)cc1. The molecule has 0 radical (unpaired) electrons. The highest BCUT2D eigenvalue weighted by Crippen LogP contribution is 2.15. The zero-order valence-electron chi connectivity index (χ0n) is 17.0. The fourth-order valence-electron chi connectivity index (χ4n) is 2.90. The van der Waals surface area contributed by atoms with E-state index in [0.717, 1.165) is 35.5 Å². The van der Waals surface area contributed by atoms with Gasteiger partial charge in [0.05, 0.1) is 7.11 Å². The quantitative estimate of drug-likeness (QED) is 0.606. The Hall–Kier alpha value is -3.41. The van der Waals surface area contributed by atoms with E-state index in [9.17, 15) is 4.79 Å². The number of anilines is 2. The molecule has 0 aliphatic heterocycles. The number of ether oxygens (including phenoxy) is 1. The second-order valence-corrected chi connectivity index (χ2v) is 6.75. The molecular formula is C23H26N4O2. The molecule has 3 aromatic rings. The minimum Gasteiger partial charge on any atom is -0.497 e. The summed E-state index contributed by atoms with van der Waals surface area (Å²) in [6.45, 7) is 4.49. The van der Waals surface area contributed by atoms with Gasteiger partial charge < -0.3 is 15.4 Å². The summed E-state index contributed by atoms with van der Waals surface area (Å²) in [6.07, 6.45) is 1.72. The van der Waals surface area contributed by atoms with Gasteiger partial charge in [0.25, 0.3) is 5.91 Å². The lowest BCUT2D eigenvalue weighted by atomic mass is 10.1. The van der Waals surface area contributed by atoms with Crippen molar-refractivity contribution in [2.75, 3.05) is 19.0 Å². The van der Waals surface area contributed by atoms with Crippen molar-refractivity contribution in [3.8, 4) is 5.75 Å². The fraction of sp³-hybridized carbons (Fsp3) is 0.261. The standard InChI is InChI=1S/C23H26N4O2/c1-4-17-5-9-19(10-6-17)26-23-25-16(2)15-21(27-23)22(28)24-14-13-18-7-11-20(29-3)12-8-18/h5-12,15H,4,13-14H2,1-3H3,(H,24,28)(H,25,26,27). The Morgan fingerprint density at radius 1 is 1.00 bits per heavy atom. The van der Waals surface area contributed by atoms with Crippen LogP contribution < -0.4 is 15.4 Å². The van der Waals surface area contributed by atoms with Crippen LogP contribution in [0.4, 0.5) is 11.6 Å². The minimum absolute atomic E-state index is 0.214. The van der Waals surface area contributed by atoms with E-state index in [4.69, 9.17) is 4.74 Å². The Labute approximate surface area is 171 Å². The van der Waals surface area contributed by atoms with Crippen LogP contribution in [0.1, 0.15) is 34.2 Å². The Kier molecular flexibility index (Phi) is 6.79. The number of benzene rings is 2. The smallest absolute Gasteiger partial charge is 0.270 e. The second kappa shape index (κ2) is 9.68. The first-order chi connectivity index (χ1) is 14.1. The van der Waals surface area contributed by atoms with Crippen LogP contribution in [-0.2, 0) is 12.8 Å². The number of nitrogens with one attached hydrogen (secondary N) is 2. The van der Waals surface area contributed by atoms with Crippen LogP contribution in [-0.4, -0.2) is 29.5 Å². The van der Waals surface area contributed by atoms with E-state index in [2.05, 4.69) is 39.7 Å². The molecule has 0 fully saturated rings. The van der Waals surface area contributed by atoms with Crippen LogP contribution in [0.3, 0.4) is 0 Å². The molecule has 6 heteroatoms. The van der Waals surface area contributed by atoms with Gasteiger partial charge in [-0.15, -0.1) is 0 Å². The van der Waals surface area contributed by atoms with E-state index in [-0.39, 0.29) is 5.91 Å². The van der Waals surface area contributed by atoms with E-state index in [0.29, 0.717) is 18.2 Å². The highest BCUT2D eigenvalue weighted by molar-refractivity contribution is 5.92. The Bertz CT molecular complexity index is 954. The summed E-state index contributed by atoms with van der Waals surface area (Å²) in [5.74, 6) is 1.02. The summed E-state index contributed by atoms with van der Waals surface area (Å²) >= 11 is 0. The summed E-state index contributed by atoms with van der Waals surface area (Å²) in [5, 5.41) is 6.09. The zero-order valence-corrected chi connectivity index (χ0v) is 17.0. The van der Waals surface area contributed by atoms with Gasteiger partial charge in [0.2, 0.25) is 5.95 Å². The third kappa shape index (κ3) is 5.78. The maximum atomic E-state index is 12.5. The van der Waals surface area contributed by atoms with Gasteiger partial charge in [0.1, 0.15) is 11.4 Å². The van der Waals surface area contributed by atoms with Crippen LogP contribution in [0.2, 0.25) is 0 Å². The highest BCUT2D eigenvalue weighted by Gasteiger charge is 2.10. The largest absolute Gasteiger partial charge is 0.497 e. The maximum Gasteiger partial charge on any atom is 0.270 e. The molecule has 0 saturated heterocycles. The third-order valence-electron chi connectivity index (χ3n) is 4.56. The summed E-state index contributed by atoms with van der Waals surface area (Å²) < 4.78 is 5.16. The van der Waals surface area contributed by atoms with Gasteiger partial charge in [-0.05, 0) is 61.2 Å². The lowest BCUT2D eigenvalue weighted by Gasteiger charge is -2.09. The fourth-order valence-corrected chi connectivity index (χ4v) is 2.90. The van der Waals surface area contributed by atoms with Gasteiger partial charge in [0.15, 0.2) is 0 Å². The van der Waals surface area contributed by atoms with Crippen LogP contribution in [0.5, 0.6) is 5.75 Å². The molecule has 1 heterocycles. The number of aryl methyl sites for hydroxylation is 2. The van der Waals surface area contributed by atoms with Gasteiger partial charge in [-0.1, -0.05) is 31.2 Å². The Morgan fingerprint density at radius 3 is 2.34 bits per heavy atom. The number of carbonyl (C=O) groups excluding carboxylic acids is 1. The molecule has 2 aromatic carbocycles. The Morgan fingerprint density at radius 2 is 1.69 bits per heavy atom. The lowest BCUT2D eigenvalue weighted by molar-refractivity contribution is 0.0949. The van der Waals surface area contributed by atoms with E-state index >= 15 is 0 Å². The van der Waals surface area contributed by atoms with E-state index in [1.54, 1.807) is 13.2 Å². The number of aromatic nitrogens is 2. The molecule has 1 aromatic heterocycles. The topological polar surface area (TPSA) is 76.1 Å². The maximum absolute atomic E-state index is 12.5. The van der Waals surface area contributed by atoms with Crippen molar-refractivity contribution in [2.24, 2.45) is 0 Å². The van der Waals surface area contributed by atoms with Gasteiger partial charge in [-0.25, -0.2) is 9.97 Å². The molecule has 0 aliphatic carbocycles. The summed E-state index contributed by atoms with van der Waals surface area (Å²) in [5.41, 5.74) is 4.35. The summed E-state index contributed by atoms with van der Waals surface area (Å²) in [6, 6.07) is 17.6. The second-order valence-electron chi connectivity index (χ2n) is 6.75. The highest BCUT2D eigenvalue weighted by atomic mass is 16.5. The van der Waals surface area contributed by atoms with E-state index < -0.39 is 0 Å². The molecule has 0 bridgehead atoms. The van der Waals surface area contributed by atoms with Crippen LogP contribution in [0.25, 0.3) is 0 Å². The van der Waals surface area contributed by atoms with Crippen LogP contribution >= 0.6 is 0 Å². The average Bonchev–Trinajstić information content (AvgIpc) is 2.74. The molecule has 1 amide bonds. The number of carbonyl (C=O) groups is 1. The monoisotopic (exact) mass is 390 g/mol. The van der Waals surface area contributed by atoms with Crippen molar-refractivity contribution in [2.45, 2.75) is 26.7 Å². The molecule has 2 N–H and O–H groups in total. The number of hydrogen-bond donors (Lipinski definition) is 2. The molecule has 3 rings (SSSR count). The number of amides is 1. The first-order valence-corrected chi connectivity index (χ1v) is 9.70. The van der Waals surface area contributed by atoms with Crippen molar-refractivity contribution in [1.29, 1.82) is 0 Å². The average molecular weight is 390 g/mol. The summed E-state index contributed by atoms with van der Waals surface area (Å²) in [4.78, 5) is 21.3. The Balaban J connectivity index is 1.60. The molecule has 0 aliphatic rings. The normalized spacial score (nSPS) is 10.4. The van der Waals surface area contributed by atoms with E-state index in [1.165, 1.54) is 5.56 Å². The number of rotatable bonds is 8. The van der Waals surface area contributed by atoms with Crippen molar-refractivity contribution in [3.05, 3.63) is 77.1 Å². The molecule has 150 valence electrons. The van der Waals surface area contributed by atoms with Crippen molar-refractivity contribution >= 4 is 17.5 Å². The van der Waals surface area contributed by atoms with Gasteiger partial charge in [0, 0.05) is 17.9 Å². The van der Waals surface area contributed by atoms with Crippen LogP contribution in [0, 0.1) is 6.92 Å².